The molecule has 1 aromatic heterocycles. The lowest BCUT2D eigenvalue weighted by Crippen LogP contribution is -2.15. The second-order valence-electron chi connectivity index (χ2n) is 4.73. The largest absolute Gasteiger partial charge is 0.334 e. The van der Waals surface area contributed by atoms with E-state index < -0.39 is 0 Å². The van der Waals surface area contributed by atoms with Crippen LogP contribution >= 0.6 is 11.6 Å². The van der Waals surface area contributed by atoms with Crippen molar-refractivity contribution in [1.82, 2.24) is 10.1 Å². The third-order valence-corrected chi connectivity index (χ3v) is 3.36. The predicted octanol–water partition coefficient (Wildman–Crippen LogP) is 3.71. The van der Waals surface area contributed by atoms with Gasteiger partial charge < -0.3 is 9.84 Å². The van der Waals surface area contributed by atoms with Crippen LogP contribution in [0.3, 0.4) is 0 Å². The lowest BCUT2D eigenvalue weighted by Gasteiger charge is -2.04. The molecule has 5 nitrogen and oxygen atoms in total. The monoisotopic (exact) mass is 331 g/mol. The number of anilines is 1. The average molecular weight is 332 g/mol. The third-order valence-electron chi connectivity index (χ3n) is 3.03. The van der Waals surface area contributed by atoms with Crippen molar-refractivity contribution in [3.63, 3.8) is 0 Å². The molecule has 7 heteroatoms. The van der Waals surface area contributed by atoms with Crippen LogP contribution in [0.4, 0.5) is 10.1 Å². The summed E-state index contributed by atoms with van der Waals surface area (Å²) in [5.74, 6) is -0.211. The van der Waals surface area contributed by atoms with Gasteiger partial charge in [-0.3, -0.25) is 4.79 Å². The first kappa shape index (κ1) is 15.2. The topological polar surface area (TPSA) is 68.0 Å². The van der Waals surface area contributed by atoms with Crippen LogP contribution in [0.5, 0.6) is 0 Å². The molecule has 2 aromatic carbocycles. The van der Waals surface area contributed by atoms with Crippen molar-refractivity contribution in [2.45, 2.75) is 6.42 Å². The Kier molecular flexibility index (Phi) is 4.34. The molecular weight excluding hydrogens is 321 g/mol. The number of hydrogen-bond donors (Lipinski definition) is 1. The molecule has 0 unspecified atom stereocenters. The summed E-state index contributed by atoms with van der Waals surface area (Å²) in [6.45, 7) is 0. The first-order valence-electron chi connectivity index (χ1n) is 6.75. The number of nitrogens with zero attached hydrogens (tertiary/aromatic N) is 2. The summed E-state index contributed by atoms with van der Waals surface area (Å²) < 4.78 is 18.0. The van der Waals surface area contributed by atoms with Crippen LogP contribution in [0.1, 0.15) is 5.82 Å². The van der Waals surface area contributed by atoms with Crippen LogP contribution in [-0.2, 0) is 11.2 Å². The molecule has 0 fully saturated rings. The highest BCUT2D eigenvalue weighted by atomic mass is 35.5. The van der Waals surface area contributed by atoms with E-state index in [1.807, 2.05) is 0 Å². The van der Waals surface area contributed by atoms with Crippen LogP contribution in [0.25, 0.3) is 11.5 Å². The van der Waals surface area contributed by atoms with E-state index in [1.165, 1.54) is 24.3 Å². The number of halogens is 2. The summed E-state index contributed by atoms with van der Waals surface area (Å²) in [5.41, 5.74) is 1.10. The van der Waals surface area contributed by atoms with Crippen LogP contribution < -0.4 is 5.32 Å². The smallest absolute Gasteiger partial charge is 0.257 e. The van der Waals surface area contributed by atoms with Crippen molar-refractivity contribution in [1.29, 1.82) is 0 Å². The zero-order valence-electron chi connectivity index (χ0n) is 11.8. The lowest BCUT2D eigenvalue weighted by molar-refractivity contribution is -0.115. The Bertz CT molecular complexity index is 833. The van der Waals surface area contributed by atoms with Crippen molar-refractivity contribution in [3.8, 4) is 11.5 Å². The van der Waals surface area contributed by atoms with Gasteiger partial charge in [0.25, 0.3) is 5.89 Å². The minimum Gasteiger partial charge on any atom is -0.334 e. The molecule has 1 heterocycles. The van der Waals surface area contributed by atoms with Gasteiger partial charge in [0.15, 0.2) is 5.82 Å². The molecule has 0 aliphatic carbocycles. The van der Waals surface area contributed by atoms with E-state index >= 15 is 0 Å². The summed E-state index contributed by atoms with van der Waals surface area (Å²) >= 11 is 5.97. The third kappa shape index (κ3) is 3.73. The van der Waals surface area contributed by atoms with Crippen molar-refractivity contribution in [3.05, 3.63) is 65.2 Å². The molecule has 0 bridgehead atoms. The molecule has 0 radical (unpaired) electrons. The van der Waals surface area contributed by atoms with Gasteiger partial charge >= 0.3 is 0 Å². The van der Waals surface area contributed by atoms with E-state index in [-0.39, 0.29) is 29.9 Å². The number of nitrogens with one attached hydrogen (secondary N) is 1. The predicted molar refractivity (Wildman–Crippen MR) is 83.5 cm³/mol. The standard InChI is InChI=1S/C16H11ClFN3O2/c17-12-3-1-2-4-13(12)19-15(22)9-14-20-16(23-21-14)10-5-7-11(18)8-6-10/h1-8H,9H2,(H,19,22). The Morgan fingerprint density at radius 2 is 1.91 bits per heavy atom. The number of aromatic nitrogens is 2. The zero-order valence-corrected chi connectivity index (χ0v) is 12.5. The van der Waals surface area contributed by atoms with Gasteiger partial charge in [-0.2, -0.15) is 4.98 Å². The minimum atomic E-state index is -0.354. The van der Waals surface area contributed by atoms with Crippen LogP contribution in [-0.4, -0.2) is 16.0 Å². The SMILES string of the molecule is O=C(Cc1noc(-c2ccc(F)cc2)n1)Nc1ccccc1Cl. The van der Waals surface area contributed by atoms with Crippen LogP contribution in [0.2, 0.25) is 5.02 Å². The van der Waals surface area contributed by atoms with Gasteiger partial charge in [-0.15, -0.1) is 0 Å². The summed E-state index contributed by atoms with van der Waals surface area (Å²) in [7, 11) is 0. The normalized spacial score (nSPS) is 10.5. The Hall–Kier alpha value is -2.73. The van der Waals surface area contributed by atoms with Gasteiger partial charge in [-0.05, 0) is 36.4 Å². The summed E-state index contributed by atoms with van der Waals surface area (Å²) in [5, 5.41) is 6.86. The fraction of sp³-hybridized carbons (Fsp3) is 0.0625. The maximum absolute atomic E-state index is 12.9. The number of amides is 1. The molecular formula is C16H11ClFN3O2. The second-order valence-corrected chi connectivity index (χ2v) is 5.13. The van der Waals surface area contributed by atoms with E-state index in [4.69, 9.17) is 16.1 Å². The zero-order chi connectivity index (χ0) is 16.2. The van der Waals surface area contributed by atoms with Crippen molar-refractivity contribution in [2.24, 2.45) is 0 Å². The van der Waals surface area contributed by atoms with E-state index in [1.54, 1.807) is 24.3 Å². The molecule has 0 spiro atoms. The molecule has 3 aromatic rings. The maximum atomic E-state index is 12.9. The first-order valence-corrected chi connectivity index (χ1v) is 7.12. The van der Waals surface area contributed by atoms with Gasteiger partial charge in [-0.25, -0.2) is 4.39 Å². The molecule has 1 N–H and O–H groups in total. The van der Waals surface area contributed by atoms with Crippen molar-refractivity contribution < 1.29 is 13.7 Å². The Morgan fingerprint density at radius 3 is 2.65 bits per heavy atom. The fourth-order valence-electron chi connectivity index (χ4n) is 1.94. The number of para-hydroxylation sites is 1. The van der Waals surface area contributed by atoms with Crippen LogP contribution in [0.15, 0.2) is 53.1 Å². The summed E-state index contributed by atoms with van der Waals surface area (Å²) in [4.78, 5) is 16.1. The molecule has 0 aliphatic heterocycles. The number of rotatable bonds is 4. The quantitative estimate of drug-likeness (QED) is 0.791. The van der Waals surface area contributed by atoms with Gasteiger partial charge in [0.05, 0.1) is 17.1 Å². The fourth-order valence-corrected chi connectivity index (χ4v) is 2.12. The van der Waals surface area contributed by atoms with Gasteiger partial charge in [0.2, 0.25) is 5.91 Å². The van der Waals surface area contributed by atoms with E-state index in [0.29, 0.717) is 16.3 Å². The number of hydrogen-bond acceptors (Lipinski definition) is 4. The second kappa shape index (κ2) is 6.58. The Morgan fingerprint density at radius 1 is 1.17 bits per heavy atom. The van der Waals surface area contributed by atoms with Gasteiger partial charge in [0.1, 0.15) is 5.82 Å². The van der Waals surface area contributed by atoms with Crippen molar-refractivity contribution in [2.75, 3.05) is 5.32 Å². The Labute approximate surface area is 136 Å². The lowest BCUT2D eigenvalue weighted by atomic mass is 10.2. The molecule has 0 saturated heterocycles. The van der Waals surface area contributed by atoms with Crippen molar-refractivity contribution >= 4 is 23.2 Å². The number of carbonyl (C=O) groups excluding carboxylic acids is 1. The average Bonchev–Trinajstić information content (AvgIpc) is 2.98. The molecule has 0 atom stereocenters. The van der Waals surface area contributed by atoms with E-state index in [2.05, 4.69) is 15.5 Å². The highest BCUT2D eigenvalue weighted by molar-refractivity contribution is 6.33. The molecule has 1 amide bonds. The summed E-state index contributed by atoms with van der Waals surface area (Å²) in [6.07, 6.45) is -0.0596. The highest BCUT2D eigenvalue weighted by Gasteiger charge is 2.13. The first-order chi connectivity index (χ1) is 11.1. The number of carbonyl (C=O) groups is 1. The molecule has 23 heavy (non-hydrogen) atoms. The number of benzene rings is 2. The molecule has 0 aliphatic rings. The Balaban J connectivity index is 1.68. The highest BCUT2D eigenvalue weighted by Crippen LogP contribution is 2.21. The van der Waals surface area contributed by atoms with Gasteiger partial charge in [0, 0.05) is 5.56 Å². The van der Waals surface area contributed by atoms with E-state index in [9.17, 15) is 9.18 Å². The van der Waals surface area contributed by atoms with Gasteiger partial charge in [-0.1, -0.05) is 28.9 Å². The van der Waals surface area contributed by atoms with E-state index in [0.717, 1.165) is 0 Å². The molecule has 116 valence electrons. The summed E-state index contributed by atoms with van der Waals surface area (Å²) in [6, 6.07) is 12.5. The minimum absolute atomic E-state index is 0.0596. The van der Waals surface area contributed by atoms with Crippen LogP contribution in [0, 0.1) is 5.82 Å². The molecule has 3 rings (SSSR count). The maximum Gasteiger partial charge on any atom is 0.257 e. The molecule has 0 saturated carbocycles.